The van der Waals surface area contributed by atoms with E-state index >= 15 is 0 Å². The highest BCUT2D eigenvalue weighted by Gasteiger charge is 2.22. The molecule has 1 fully saturated rings. The molecule has 1 aromatic heterocycles. The van der Waals surface area contributed by atoms with Crippen LogP contribution in [0, 0.1) is 11.6 Å². The maximum atomic E-state index is 13.4. The zero-order valence-corrected chi connectivity index (χ0v) is 15.4. The molecule has 2 aromatic rings. The van der Waals surface area contributed by atoms with Crippen molar-refractivity contribution in [1.29, 1.82) is 0 Å². The zero-order chi connectivity index (χ0) is 18.8. The smallest absolute Gasteiger partial charge is 0.319 e. The molecule has 0 amide bonds. The second-order valence-corrected chi connectivity index (χ2v) is 8.00. The average Bonchev–Trinajstić information content (AvgIpc) is 2.57. The van der Waals surface area contributed by atoms with Gasteiger partial charge in [0.1, 0.15) is 17.3 Å². The Labute approximate surface area is 153 Å². The van der Waals surface area contributed by atoms with Crippen LogP contribution in [-0.4, -0.2) is 45.5 Å². The number of aromatic amines is 1. The molecular weight excluding hydrogens is 362 g/mol. The second-order valence-electron chi connectivity index (χ2n) is 6.33. The number of nitrogens with zero attached hydrogens (tertiary/aromatic N) is 3. The molecule has 1 aliphatic heterocycles. The molecule has 0 bridgehead atoms. The maximum absolute atomic E-state index is 13.4. The molecule has 0 saturated carbocycles. The molecule has 0 radical (unpaired) electrons. The van der Waals surface area contributed by atoms with Gasteiger partial charge in [0.15, 0.2) is 0 Å². The number of piperazine rings is 1. The third kappa shape index (κ3) is 3.99. The van der Waals surface area contributed by atoms with Crippen LogP contribution in [0.1, 0.15) is 13.8 Å². The lowest BCUT2D eigenvalue weighted by Gasteiger charge is -2.35. The van der Waals surface area contributed by atoms with Crippen LogP contribution >= 0.6 is 11.9 Å². The Hall–Kier alpha value is -2.13. The van der Waals surface area contributed by atoms with Crippen LogP contribution in [-0.2, 0) is 0 Å². The van der Waals surface area contributed by atoms with E-state index in [1.807, 2.05) is 4.90 Å². The van der Waals surface area contributed by atoms with Crippen molar-refractivity contribution < 1.29 is 8.78 Å². The van der Waals surface area contributed by atoms with Gasteiger partial charge in [-0.05, 0) is 12.1 Å². The number of aromatic nitrogens is 2. The molecule has 1 aromatic carbocycles. The van der Waals surface area contributed by atoms with Crippen LogP contribution in [0.2, 0.25) is 0 Å². The van der Waals surface area contributed by atoms with Crippen molar-refractivity contribution in [3.63, 3.8) is 0 Å². The summed E-state index contributed by atoms with van der Waals surface area (Å²) in [5.41, 5.74) is -1.35. The normalized spacial score (nSPS) is 15.7. The molecule has 26 heavy (non-hydrogen) atoms. The molecule has 1 N–H and O–H groups in total. The highest BCUT2D eigenvalue weighted by Crippen LogP contribution is 2.20. The van der Waals surface area contributed by atoms with Crippen molar-refractivity contribution >= 4 is 17.6 Å². The fourth-order valence-electron chi connectivity index (χ4n) is 2.89. The summed E-state index contributed by atoms with van der Waals surface area (Å²) in [5.74, 6) is -1.65. The number of halogens is 2. The van der Waals surface area contributed by atoms with Gasteiger partial charge >= 0.3 is 5.56 Å². The van der Waals surface area contributed by atoms with Crippen LogP contribution in [0.5, 0.6) is 0 Å². The van der Waals surface area contributed by atoms with Gasteiger partial charge in [0.25, 0.3) is 5.43 Å². The number of nitrogens with one attached hydrogen (secondary N) is 1. The molecular formula is C17H20F2N4O2S. The fourth-order valence-corrected chi connectivity index (χ4v) is 3.86. The second kappa shape index (κ2) is 7.63. The molecule has 6 nitrogen and oxygen atoms in total. The number of benzene rings is 1. The van der Waals surface area contributed by atoms with Gasteiger partial charge in [0.05, 0.1) is 5.69 Å². The average molecular weight is 382 g/mol. The molecule has 9 heteroatoms. The number of hydrogen-bond donors (Lipinski definition) is 1. The summed E-state index contributed by atoms with van der Waals surface area (Å²) in [6.07, 6.45) is 1.41. The number of hydrogen-bond acceptors (Lipinski definition) is 5. The minimum absolute atomic E-state index is 0.0608. The first-order valence-electron chi connectivity index (χ1n) is 8.33. The van der Waals surface area contributed by atoms with Crippen LogP contribution in [0.15, 0.2) is 34.0 Å². The lowest BCUT2D eigenvalue weighted by Crippen LogP contribution is -2.48. The van der Waals surface area contributed by atoms with Gasteiger partial charge in [0.2, 0.25) is 0 Å². The van der Waals surface area contributed by atoms with Gasteiger partial charge in [-0.15, -0.1) is 0 Å². The quantitative estimate of drug-likeness (QED) is 0.647. The van der Waals surface area contributed by atoms with Crippen molar-refractivity contribution in [3.8, 4) is 5.69 Å². The molecule has 2 heterocycles. The number of anilines is 1. The Morgan fingerprint density at radius 1 is 1.04 bits per heavy atom. The summed E-state index contributed by atoms with van der Waals surface area (Å²) < 4.78 is 29.9. The Kier molecular flexibility index (Phi) is 5.47. The van der Waals surface area contributed by atoms with Gasteiger partial charge in [-0.3, -0.25) is 14.7 Å². The lowest BCUT2D eigenvalue weighted by atomic mass is 10.3. The van der Waals surface area contributed by atoms with Crippen LogP contribution in [0.4, 0.5) is 14.5 Å². The molecule has 1 aliphatic rings. The third-order valence-corrected chi connectivity index (χ3v) is 5.09. The van der Waals surface area contributed by atoms with E-state index in [4.69, 9.17) is 0 Å². The van der Waals surface area contributed by atoms with E-state index in [0.717, 1.165) is 29.9 Å². The van der Waals surface area contributed by atoms with Gasteiger partial charge in [-0.25, -0.2) is 17.8 Å². The molecule has 0 unspecified atom stereocenters. The standard InChI is InChI=1S/C17H20F2N4O2S/c1-11(2)26-22-5-3-21(4-6-22)15-10-20-23(17(25)16(15)24)14-8-12(18)7-13(19)9-14/h7-11,20H,3-6H2,1-2H3. The summed E-state index contributed by atoms with van der Waals surface area (Å²) in [6.45, 7) is 7.05. The van der Waals surface area contributed by atoms with Crippen molar-refractivity contribution in [1.82, 2.24) is 14.1 Å². The molecule has 0 atom stereocenters. The van der Waals surface area contributed by atoms with E-state index in [2.05, 4.69) is 23.3 Å². The van der Waals surface area contributed by atoms with E-state index in [-0.39, 0.29) is 11.4 Å². The van der Waals surface area contributed by atoms with E-state index < -0.39 is 22.6 Å². The van der Waals surface area contributed by atoms with Crippen molar-refractivity contribution in [2.75, 3.05) is 31.1 Å². The van der Waals surface area contributed by atoms with Gasteiger partial charge < -0.3 is 4.90 Å². The van der Waals surface area contributed by atoms with E-state index in [9.17, 15) is 18.4 Å². The Morgan fingerprint density at radius 3 is 2.23 bits per heavy atom. The maximum Gasteiger partial charge on any atom is 0.319 e. The monoisotopic (exact) mass is 382 g/mol. The van der Waals surface area contributed by atoms with Crippen LogP contribution < -0.4 is 15.9 Å². The first-order chi connectivity index (χ1) is 12.3. The zero-order valence-electron chi connectivity index (χ0n) is 14.5. The van der Waals surface area contributed by atoms with Gasteiger partial charge in [-0.1, -0.05) is 25.8 Å². The number of rotatable bonds is 4. The Balaban J connectivity index is 1.85. The third-order valence-electron chi connectivity index (χ3n) is 4.01. The molecule has 1 saturated heterocycles. The predicted octanol–water partition coefficient (Wildman–Crippen LogP) is 1.98. The van der Waals surface area contributed by atoms with Gasteiger partial charge in [-0.2, -0.15) is 0 Å². The van der Waals surface area contributed by atoms with Crippen molar-refractivity contribution in [3.05, 3.63) is 56.6 Å². The summed E-state index contributed by atoms with van der Waals surface area (Å²) >= 11 is 1.77. The van der Waals surface area contributed by atoms with Crippen molar-refractivity contribution in [2.45, 2.75) is 19.1 Å². The van der Waals surface area contributed by atoms with Gasteiger partial charge in [0, 0.05) is 43.7 Å². The molecule has 0 spiro atoms. The SMILES string of the molecule is CC(C)SN1CCN(c2c[nH]n(-c3cc(F)cc(F)c3)c(=O)c2=O)CC1. The highest BCUT2D eigenvalue weighted by molar-refractivity contribution is 7.97. The summed E-state index contributed by atoms with van der Waals surface area (Å²) in [7, 11) is 0. The predicted molar refractivity (Wildman–Crippen MR) is 99.1 cm³/mol. The number of H-pyrrole nitrogens is 1. The minimum atomic E-state index is -0.869. The largest absolute Gasteiger partial charge is 0.364 e. The Bertz CT molecular complexity index is 884. The first kappa shape index (κ1) is 18.7. The van der Waals surface area contributed by atoms with Crippen LogP contribution in [0.25, 0.3) is 5.69 Å². The topological polar surface area (TPSA) is 61.3 Å². The molecule has 140 valence electrons. The van der Waals surface area contributed by atoms with Crippen LogP contribution in [0.3, 0.4) is 0 Å². The van der Waals surface area contributed by atoms with E-state index in [1.165, 1.54) is 6.20 Å². The summed E-state index contributed by atoms with van der Waals surface area (Å²) in [4.78, 5) is 26.7. The van der Waals surface area contributed by atoms with Crippen molar-refractivity contribution in [2.24, 2.45) is 0 Å². The first-order valence-corrected chi connectivity index (χ1v) is 9.16. The highest BCUT2D eigenvalue weighted by atomic mass is 32.2. The molecule has 0 aliphatic carbocycles. The Morgan fingerprint density at radius 2 is 1.65 bits per heavy atom. The summed E-state index contributed by atoms with van der Waals surface area (Å²) in [6, 6.07) is 2.68. The van der Waals surface area contributed by atoms with E-state index in [0.29, 0.717) is 24.4 Å². The lowest BCUT2D eigenvalue weighted by molar-refractivity contribution is 0.427. The summed E-state index contributed by atoms with van der Waals surface area (Å²) in [5, 5.41) is 3.15. The molecule has 3 rings (SSSR count). The minimum Gasteiger partial charge on any atom is -0.364 e. The van der Waals surface area contributed by atoms with E-state index in [1.54, 1.807) is 11.9 Å². The fraction of sp³-hybridized carbons (Fsp3) is 0.412.